The highest BCUT2D eigenvalue weighted by Crippen LogP contribution is 2.16. The predicted octanol–water partition coefficient (Wildman–Crippen LogP) is 3.10. The third-order valence-corrected chi connectivity index (χ3v) is 4.85. The lowest BCUT2D eigenvalue weighted by atomic mass is 10.0. The Hall–Kier alpha value is -0.810. The van der Waals surface area contributed by atoms with E-state index in [0.717, 1.165) is 32.5 Å². The van der Waals surface area contributed by atoms with Gasteiger partial charge < -0.3 is 19.9 Å². The second kappa shape index (κ2) is 9.04. The quantitative estimate of drug-likeness (QED) is 0.836. The highest BCUT2D eigenvalue weighted by atomic mass is 16.6. The van der Waals surface area contributed by atoms with Crippen molar-refractivity contribution in [3.05, 3.63) is 0 Å². The zero-order chi connectivity index (χ0) is 17.6. The van der Waals surface area contributed by atoms with Gasteiger partial charge in [-0.15, -0.1) is 0 Å². The molecule has 2 aliphatic heterocycles. The number of ether oxygens (including phenoxy) is 1. The Labute approximate surface area is 148 Å². The molecule has 2 unspecified atom stereocenters. The number of rotatable bonds is 5. The summed E-state index contributed by atoms with van der Waals surface area (Å²) >= 11 is 0. The minimum atomic E-state index is -0.416. The fourth-order valence-electron chi connectivity index (χ4n) is 3.65. The lowest BCUT2D eigenvalue weighted by Crippen LogP contribution is -2.50. The lowest BCUT2D eigenvalue weighted by molar-refractivity contribution is 0.0186. The molecule has 0 radical (unpaired) electrons. The molecule has 2 saturated heterocycles. The topological polar surface area (TPSA) is 44.8 Å². The van der Waals surface area contributed by atoms with Crippen LogP contribution < -0.4 is 5.32 Å². The van der Waals surface area contributed by atoms with Crippen molar-refractivity contribution in [3.63, 3.8) is 0 Å². The number of likely N-dealkylation sites (tertiary alicyclic amines) is 2. The van der Waals surface area contributed by atoms with Crippen molar-refractivity contribution in [1.82, 2.24) is 15.1 Å². The van der Waals surface area contributed by atoms with Gasteiger partial charge in [-0.25, -0.2) is 4.79 Å². The van der Waals surface area contributed by atoms with Crippen LogP contribution in [0.5, 0.6) is 0 Å². The minimum absolute atomic E-state index is 0.171. The highest BCUT2D eigenvalue weighted by molar-refractivity contribution is 5.68. The first-order chi connectivity index (χ1) is 11.3. The summed E-state index contributed by atoms with van der Waals surface area (Å²) in [6, 6.07) is 0.398. The Morgan fingerprint density at radius 2 is 1.88 bits per heavy atom. The van der Waals surface area contributed by atoms with Crippen molar-refractivity contribution in [3.8, 4) is 0 Å². The van der Waals surface area contributed by atoms with Crippen LogP contribution in [-0.4, -0.2) is 66.8 Å². The van der Waals surface area contributed by atoms with Crippen LogP contribution in [0.4, 0.5) is 4.79 Å². The van der Waals surface area contributed by atoms with Gasteiger partial charge in [0.2, 0.25) is 0 Å². The molecule has 24 heavy (non-hydrogen) atoms. The van der Waals surface area contributed by atoms with Gasteiger partial charge in [0.15, 0.2) is 0 Å². The molecule has 2 fully saturated rings. The fourth-order valence-corrected chi connectivity index (χ4v) is 3.65. The number of carbonyl (C=O) groups excluding carboxylic acids is 1. The second-order valence-corrected chi connectivity index (χ2v) is 8.64. The van der Waals surface area contributed by atoms with Crippen LogP contribution in [0.15, 0.2) is 0 Å². The molecule has 0 spiro atoms. The van der Waals surface area contributed by atoms with Gasteiger partial charge in [-0.3, -0.25) is 0 Å². The van der Waals surface area contributed by atoms with Crippen LogP contribution in [0.1, 0.15) is 59.8 Å². The largest absolute Gasteiger partial charge is 0.444 e. The lowest BCUT2D eigenvalue weighted by Gasteiger charge is -2.35. The van der Waals surface area contributed by atoms with Gasteiger partial charge in [0.05, 0.1) is 0 Å². The normalized spacial score (nSPS) is 24.7. The number of carbonyl (C=O) groups is 1. The Kier molecular flexibility index (Phi) is 7.35. The van der Waals surface area contributed by atoms with E-state index in [4.69, 9.17) is 4.74 Å². The summed E-state index contributed by atoms with van der Waals surface area (Å²) in [6.07, 6.45) is 6.13. The summed E-state index contributed by atoms with van der Waals surface area (Å²) < 4.78 is 5.50. The van der Waals surface area contributed by atoms with E-state index in [2.05, 4.69) is 17.1 Å². The van der Waals surface area contributed by atoms with Gasteiger partial charge in [0, 0.05) is 25.7 Å². The Balaban J connectivity index is 1.69. The number of amides is 1. The molecule has 5 heteroatoms. The molecule has 140 valence electrons. The van der Waals surface area contributed by atoms with Crippen LogP contribution in [0, 0.1) is 5.92 Å². The maximum absolute atomic E-state index is 12.2. The third kappa shape index (κ3) is 6.98. The first kappa shape index (κ1) is 19.5. The molecule has 2 atom stereocenters. The standard InChI is InChI=1S/C19H37N3O2/c1-16(14-21-10-6-5-7-11-21)13-20-17-9-8-12-22(15-17)18(23)24-19(2,3)4/h16-17,20H,5-15H2,1-4H3. The molecule has 0 saturated carbocycles. The molecule has 5 nitrogen and oxygen atoms in total. The van der Waals surface area contributed by atoms with Crippen LogP contribution >= 0.6 is 0 Å². The summed E-state index contributed by atoms with van der Waals surface area (Å²) in [7, 11) is 0. The van der Waals surface area contributed by atoms with E-state index in [1.54, 1.807) is 0 Å². The molecule has 0 aromatic heterocycles. The number of nitrogens with one attached hydrogen (secondary N) is 1. The fraction of sp³-hybridized carbons (Fsp3) is 0.947. The van der Waals surface area contributed by atoms with Crippen LogP contribution in [0.3, 0.4) is 0 Å². The monoisotopic (exact) mass is 339 g/mol. The van der Waals surface area contributed by atoms with E-state index >= 15 is 0 Å². The summed E-state index contributed by atoms with van der Waals surface area (Å²) in [5, 5.41) is 3.68. The predicted molar refractivity (Wildman–Crippen MR) is 98.3 cm³/mol. The first-order valence-electron chi connectivity index (χ1n) is 9.77. The number of hydrogen-bond donors (Lipinski definition) is 1. The Bertz CT molecular complexity index is 389. The van der Waals surface area contributed by atoms with Crippen molar-refractivity contribution >= 4 is 6.09 Å². The summed E-state index contributed by atoms with van der Waals surface area (Å²) in [6.45, 7) is 14.4. The molecule has 1 amide bonds. The first-order valence-corrected chi connectivity index (χ1v) is 9.77. The van der Waals surface area contributed by atoms with Crippen LogP contribution in [0.2, 0.25) is 0 Å². The second-order valence-electron chi connectivity index (χ2n) is 8.64. The van der Waals surface area contributed by atoms with Gasteiger partial charge in [0.25, 0.3) is 0 Å². The zero-order valence-electron chi connectivity index (χ0n) is 16.1. The molecule has 2 aliphatic rings. The summed E-state index contributed by atoms with van der Waals surface area (Å²) in [4.78, 5) is 16.7. The van der Waals surface area contributed by atoms with E-state index in [1.807, 2.05) is 25.7 Å². The van der Waals surface area contributed by atoms with Gasteiger partial charge in [-0.2, -0.15) is 0 Å². The molecular formula is C19H37N3O2. The molecular weight excluding hydrogens is 302 g/mol. The molecule has 0 aromatic rings. The minimum Gasteiger partial charge on any atom is -0.444 e. The molecule has 1 N–H and O–H groups in total. The van der Waals surface area contributed by atoms with Crippen molar-refractivity contribution in [2.75, 3.05) is 39.3 Å². The van der Waals surface area contributed by atoms with E-state index in [1.165, 1.54) is 38.9 Å². The molecule has 0 aliphatic carbocycles. The average molecular weight is 340 g/mol. The SMILES string of the molecule is CC(CNC1CCCN(C(=O)OC(C)(C)C)C1)CN1CCCCC1. The van der Waals surface area contributed by atoms with E-state index in [-0.39, 0.29) is 6.09 Å². The van der Waals surface area contributed by atoms with Crippen molar-refractivity contribution < 1.29 is 9.53 Å². The van der Waals surface area contributed by atoms with Crippen LogP contribution in [-0.2, 0) is 4.74 Å². The average Bonchev–Trinajstić information content (AvgIpc) is 2.53. The van der Waals surface area contributed by atoms with Crippen molar-refractivity contribution in [1.29, 1.82) is 0 Å². The Morgan fingerprint density at radius 1 is 1.17 bits per heavy atom. The van der Waals surface area contributed by atoms with E-state index < -0.39 is 5.60 Å². The summed E-state index contributed by atoms with van der Waals surface area (Å²) in [5.74, 6) is 0.653. The number of piperidine rings is 2. The van der Waals surface area contributed by atoms with Crippen molar-refractivity contribution in [2.24, 2.45) is 5.92 Å². The summed E-state index contributed by atoms with van der Waals surface area (Å²) in [5.41, 5.74) is -0.416. The van der Waals surface area contributed by atoms with Crippen molar-refractivity contribution in [2.45, 2.75) is 71.4 Å². The highest BCUT2D eigenvalue weighted by Gasteiger charge is 2.27. The maximum atomic E-state index is 12.2. The van der Waals surface area contributed by atoms with Gasteiger partial charge in [0.1, 0.15) is 5.60 Å². The third-order valence-electron chi connectivity index (χ3n) is 4.85. The smallest absolute Gasteiger partial charge is 0.410 e. The van der Waals surface area contributed by atoms with E-state index in [9.17, 15) is 4.79 Å². The Morgan fingerprint density at radius 3 is 2.54 bits per heavy atom. The zero-order valence-corrected chi connectivity index (χ0v) is 16.1. The molecule has 2 heterocycles. The van der Waals surface area contributed by atoms with E-state index in [0.29, 0.717) is 12.0 Å². The molecule has 0 bridgehead atoms. The van der Waals surface area contributed by atoms with Gasteiger partial charge in [-0.05, 0) is 72.0 Å². The number of hydrogen-bond acceptors (Lipinski definition) is 4. The molecule has 2 rings (SSSR count). The van der Waals surface area contributed by atoms with Gasteiger partial charge >= 0.3 is 6.09 Å². The maximum Gasteiger partial charge on any atom is 0.410 e. The van der Waals surface area contributed by atoms with Gasteiger partial charge in [-0.1, -0.05) is 13.3 Å². The number of nitrogens with zero attached hydrogens (tertiary/aromatic N) is 2. The van der Waals surface area contributed by atoms with Crippen LogP contribution in [0.25, 0.3) is 0 Å². The molecule has 0 aromatic carbocycles.